The number of benzene rings is 2. The SMILES string of the molecule is Cc1ccc2cc(/C=N\Nc3cccc(C(=O)[O-])c3)c(Cl)nc2c1. The lowest BCUT2D eigenvalue weighted by molar-refractivity contribution is -0.255. The van der Waals surface area contributed by atoms with E-state index in [9.17, 15) is 9.90 Å². The number of carboxylic acid groups (broad SMARTS) is 1. The molecule has 0 aliphatic carbocycles. The van der Waals surface area contributed by atoms with Crippen LogP contribution in [-0.4, -0.2) is 17.2 Å². The van der Waals surface area contributed by atoms with E-state index < -0.39 is 5.97 Å². The number of anilines is 1. The van der Waals surface area contributed by atoms with E-state index in [4.69, 9.17) is 11.6 Å². The third kappa shape index (κ3) is 3.52. The molecule has 3 aromatic rings. The maximum Gasteiger partial charge on any atom is 0.138 e. The summed E-state index contributed by atoms with van der Waals surface area (Å²) in [5.74, 6) is -1.24. The number of nitrogens with zero attached hydrogens (tertiary/aromatic N) is 2. The predicted molar refractivity (Wildman–Crippen MR) is 93.5 cm³/mol. The van der Waals surface area contributed by atoms with Crippen molar-refractivity contribution in [3.63, 3.8) is 0 Å². The topological polar surface area (TPSA) is 77.4 Å². The molecule has 1 N–H and O–H groups in total. The first-order valence-corrected chi connectivity index (χ1v) is 7.58. The maximum atomic E-state index is 10.8. The van der Waals surface area contributed by atoms with Gasteiger partial charge in [0.05, 0.1) is 23.4 Å². The number of aryl methyl sites for hydroxylation is 1. The number of carboxylic acids is 1. The summed E-state index contributed by atoms with van der Waals surface area (Å²) in [6.45, 7) is 2.00. The van der Waals surface area contributed by atoms with Gasteiger partial charge >= 0.3 is 0 Å². The molecule has 0 radical (unpaired) electrons. The van der Waals surface area contributed by atoms with Gasteiger partial charge in [-0.1, -0.05) is 35.9 Å². The molecule has 0 saturated carbocycles. The molecule has 0 aliphatic heterocycles. The molecule has 120 valence electrons. The molecule has 24 heavy (non-hydrogen) atoms. The summed E-state index contributed by atoms with van der Waals surface area (Å²) in [4.78, 5) is 15.2. The summed E-state index contributed by atoms with van der Waals surface area (Å²) in [5, 5.41) is 16.2. The highest BCUT2D eigenvalue weighted by Gasteiger charge is 2.03. The molecule has 0 fully saturated rings. The van der Waals surface area contributed by atoms with Gasteiger partial charge in [0.15, 0.2) is 0 Å². The first-order valence-electron chi connectivity index (χ1n) is 7.20. The summed E-state index contributed by atoms with van der Waals surface area (Å²) in [6, 6.07) is 14.0. The Labute approximate surface area is 143 Å². The molecule has 0 saturated heterocycles. The fourth-order valence-corrected chi connectivity index (χ4v) is 2.45. The van der Waals surface area contributed by atoms with Gasteiger partial charge < -0.3 is 9.90 Å². The van der Waals surface area contributed by atoms with Crippen LogP contribution in [0.4, 0.5) is 5.69 Å². The number of hydrazone groups is 1. The molecule has 0 aliphatic rings. The second-order valence-electron chi connectivity index (χ2n) is 5.30. The average molecular weight is 339 g/mol. The van der Waals surface area contributed by atoms with Crippen LogP contribution in [0.15, 0.2) is 53.6 Å². The van der Waals surface area contributed by atoms with Crippen LogP contribution < -0.4 is 10.5 Å². The Morgan fingerprint density at radius 2 is 2.08 bits per heavy atom. The van der Waals surface area contributed by atoms with Gasteiger partial charge in [-0.2, -0.15) is 5.10 Å². The fraction of sp³-hybridized carbons (Fsp3) is 0.0556. The Balaban J connectivity index is 1.83. The number of fused-ring (bicyclic) bond motifs is 1. The zero-order chi connectivity index (χ0) is 17.1. The normalized spacial score (nSPS) is 11.1. The Kier molecular flexibility index (Phi) is 4.44. The van der Waals surface area contributed by atoms with Gasteiger partial charge in [-0.3, -0.25) is 5.43 Å². The smallest absolute Gasteiger partial charge is 0.138 e. The van der Waals surface area contributed by atoms with E-state index in [-0.39, 0.29) is 5.56 Å². The van der Waals surface area contributed by atoms with Crippen LogP contribution in [0.5, 0.6) is 0 Å². The Morgan fingerprint density at radius 3 is 2.88 bits per heavy atom. The maximum absolute atomic E-state index is 10.8. The van der Waals surface area contributed by atoms with Crippen molar-refractivity contribution in [3.05, 3.63) is 70.4 Å². The van der Waals surface area contributed by atoms with Gasteiger partial charge in [0.2, 0.25) is 0 Å². The first kappa shape index (κ1) is 16.0. The molecular formula is C18H13ClN3O2-. The number of hydrogen-bond donors (Lipinski definition) is 1. The van der Waals surface area contributed by atoms with Gasteiger partial charge in [-0.05, 0) is 42.3 Å². The van der Waals surface area contributed by atoms with Crippen LogP contribution in [0.1, 0.15) is 21.5 Å². The van der Waals surface area contributed by atoms with E-state index >= 15 is 0 Å². The van der Waals surface area contributed by atoms with Crippen molar-refractivity contribution in [1.82, 2.24) is 4.98 Å². The van der Waals surface area contributed by atoms with Gasteiger partial charge in [0.1, 0.15) is 5.15 Å². The minimum Gasteiger partial charge on any atom is -0.545 e. The number of rotatable bonds is 4. The Bertz CT molecular complexity index is 954. The highest BCUT2D eigenvalue weighted by Crippen LogP contribution is 2.20. The molecule has 2 aromatic carbocycles. The Hall–Kier alpha value is -2.92. The van der Waals surface area contributed by atoms with Crippen LogP contribution in [-0.2, 0) is 0 Å². The summed E-state index contributed by atoms with van der Waals surface area (Å²) < 4.78 is 0. The van der Waals surface area contributed by atoms with Crippen LogP contribution in [0, 0.1) is 6.92 Å². The van der Waals surface area contributed by atoms with Gasteiger partial charge in [-0.25, -0.2) is 4.98 Å². The molecule has 0 atom stereocenters. The molecule has 0 bridgehead atoms. The highest BCUT2D eigenvalue weighted by molar-refractivity contribution is 6.32. The van der Waals surface area contributed by atoms with E-state index in [1.165, 1.54) is 12.1 Å². The molecule has 1 heterocycles. The monoisotopic (exact) mass is 338 g/mol. The van der Waals surface area contributed by atoms with Crippen molar-refractivity contribution < 1.29 is 9.90 Å². The number of carbonyl (C=O) groups is 1. The largest absolute Gasteiger partial charge is 0.545 e. The van der Waals surface area contributed by atoms with Crippen molar-refractivity contribution >= 4 is 40.4 Å². The molecule has 5 nitrogen and oxygen atoms in total. The first-order chi connectivity index (χ1) is 11.5. The third-order valence-electron chi connectivity index (χ3n) is 3.45. The van der Waals surface area contributed by atoms with Gasteiger partial charge in [0.25, 0.3) is 0 Å². The number of hydrogen-bond acceptors (Lipinski definition) is 5. The highest BCUT2D eigenvalue weighted by atomic mass is 35.5. The lowest BCUT2D eigenvalue weighted by Gasteiger charge is -2.06. The van der Waals surface area contributed by atoms with Crippen LogP contribution >= 0.6 is 11.6 Å². The van der Waals surface area contributed by atoms with Crippen LogP contribution in [0.2, 0.25) is 5.15 Å². The van der Waals surface area contributed by atoms with E-state index in [0.29, 0.717) is 16.4 Å². The number of pyridine rings is 1. The number of halogens is 1. The zero-order valence-corrected chi connectivity index (χ0v) is 13.5. The quantitative estimate of drug-likeness (QED) is 0.450. The lowest BCUT2D eigenvalue weighted by Crippen LogP contribution is -2.22. The molecule has 0 amide bonds. The predicted octanol–water partition coefficient (Wildman–Crippen LogP) is 3.01. The number of carbonyl (C=O) groups excluding carboxylic acids is 1. The Morgan fingerprint density at radius 1 is 1.25 bits per heavy atom. The van der Waals surface area contributed by atoms with Crippen LogP contribution in [0.3, 0.4) is 0 Å². The van der Waals surface area contributed by atoms with Gasteiger partial charge in [0, 0.05) is 10.9 Å². The summed E-state index contributed by atoms with van der Waals surface area (Å²) >= 11 is 6.19. The van der Waals surface area contributed by atoms with E-state index in [0.717, 1.165) is 16.5 Å². The molecule has 3 rings (SSSR count). The zero-order valence-electron chi connectivity index (χ0n) is 12.8. The minimum atomic E-state index is -1.24. The van der Waals surface area contributed by atoms with E-state index in [1.54, 1.807) is 18.3 Å². The molecule has 0 unspecified atom stereocenters. The van der Waals surface area contributed by atoms with Crippen molar-refractivity contribution in [2.45, 2.75) is 6.92 Å². The number of aromatic nitrogens is 1. The third-order valence-corrected chi connectivity index (χ3v) is 3.75. The summed E-state index contributed by atoms with van der Waals surface area (Å²) in [5.41, 5.74) is 5.98. The molecule has 1 aromatic heterocycles. The molecule has 6 heteroatoms. The van der Waals surface area contributed by atoms with Crippen molar-refractivity contribution in [3.8, 4) is 0 Å². The van der Waals surface area contributed by atoms with Gasteiger partial charge in [-0.15, -0.1) is 0 Å². The van der Waals surface area contributed by atoms with Crippen molar-refractivity contribution in [1.29, 1.82) is 0 Å². The average Bonchev–Trinajstić information content (AvgIpc) is 2.55. The standard InChI is InChI=1S/C18H14ClN3O2/c1-11-5-6-12-8-14(17(19)21-16(12)7-11)10-20-22-15-4-2-3-13(9-15)18(23)24/h2-10,22H,1H3,(H,23,24)/p-1/b20-10-. The number of nitrogens with one attached hydrogen (secondary N) is 1. The summed E-state index contributed by atoms with van der Waals surface area (Å²) in [7, 11) is 0. The minimum absolute atomic E-state index is 0.0796. The van der Waals surface area contributed by atoms with Crippen LogP contribution in [0.25, 0.3) is 10.9 Å². The van der Waals surface area contributed by atoms with E-state index in [1.807, 2.05) is 31.2 Å². The fourth-order valence-electron chi connectivity index (χ4n) is 2.25. The number of aromatic carboxylic acids is 1. The second-order valence-corrected chi connectivity index (χ2v) is 5.66. The van der Waals surface area contributed by atoms with E-state index in [2.05, 4.69) is 15.5 Å². The second kappa shape index (κ2) is 6.68. The molecular weight excluding hydrogens is 326 g/mol. The lowest BCUT2D eigenvalue weighted by atomic mass is 10.1. The summed E-state index contributed by atoms with van der Waals surface area (Å²) in [6.07, 6.45) is 1.54. The van der Waals surface area contributed by atoms with Crippen molar-refractivity contribution in [2.24, 2.45) is 5.10 Å². The molecule has 0 spiro atoms. The van der Waals surface area contributed by atoms with Crippen molar-refractivity contribution in [2.75, 3.05) is 5.43 Å².